The Morgan fingerprint density at radius 1 is 0.925 bits per heavy atom. The minimum atomic E-state index is -0.905. The number of carbonyl (C=O) groups excluding carboxylic acids is 3. The molecule has 2 heterocycles. The van der Waals surface area contributed by atoms with Crippen LogP contribution in [-0.4, -0.2) is 69.9 Å². The first-order valence-electron chi connectivity index (χ1n) is 14.2. The second kappa shape index (κ2) is 12.7. The van der Waals surface area contributed by atoms with E-state index in [1.54, 1.807) is 7.05 Å². The quantitative estimate of drug-likeness (QED) is 0.475. The van der Waals surface area contributed by atoms with Crippen molar-refractivity contribution in [1.29, 1.82) is 0 Å². The molecule has 3 aliphatic rings. The molecule has 2 aromatic rings. The molecule has 2 saturated heterocycles. The van der Waals surface area contributed by atoms with Crippen LogP contribution in [0.5, 0.6) is 0 Å². The van der Waals surface area contributed by atoms with Crippen molar-refractivity contribution in [3.63, 3.8) is 0 Å². The van der Waals surface area contributed by atoms with Gasteiger partial charge in [0, 0.05) is 45.2 Å². The van der Waals surface area contributed by atoms with Crippen molar-refractivity contribution in [2.75, 3.05) is 20.1 Å². The van der Waals surface area contributed by atoms with E-state index in [-0.39, 0.29) is 36.5 Å². The summed E-state index contributed by atoms with van der Waals surface area (Å²) in [5.74, 6) is -0.297. The number of piperidine rings is 1. The molecule has 2 aliphatic heterocycles. The standard InChI is InChI=1S/C31H40N4O4.ClH/c1-32-27(36)25-12-10-24(11-13-25)21-34-18-16-31(17-19-34)29(38)33-26(20-30(39)14-6-3-7-15-30)28(37)35(31)22-23-8-4-2-5-9-23;/h2,4-5,8-13,26,39H,3,6-7,14-22H2,1H3,(H,32,36)(H,33,38);1H/t26-;/m1./s1. The van der Waals surface area contributed by atoms with Crippen LogP contribution in [0.25, 0.3) is 0 Å². The summed E-state index contributed by atoms with van der Waals surface area (Å²) < 4.78 is 0. The van der Waals surface area contributed by atoms with Crippen LogP contribution >= 0.6 is 12.4 Å². The molecular weight excluding hydrogens is 528 g/mol. The Kier molecular flexibility index (Phi) is 9.54. The number of aliphatic hydroxyl groups is 1. The van der Waals surface area contributed by atoms with Crippen LogP contribution in [0.1, 0.15) is 72.9 Å². The van der Waals surface area contributed by atoms with Crippen LogP contribution in [-0.2, 0) is 22.7 Å². The molecule has 1 saturated carbocycles. The Bertz CT molecular complexity index is 1180. The Balaban J connectivity index is 0.00000370. The molecule has 2 aromatic carbocycles. The molecule has 0 radical (unpaired) electrons. The highest BCUT2D eigenvalue weighted by molar-refractivity contribution is 6.00. The molecule has 40 heavy (non-hydrogen) atoms. The zero-order valence-electron chi connectivity index (χ0n) is 23.2. The predicted octanol–water partition coefficient (Wildman–Crippen LogP) is 3.42. The van der Waals surface area contributed by atoms with Crippen molar-refractivity contribution in [3.8, 4) is 0 Å². The van der Waals surface area contributed by atoms with E-state index in [4.69, 9.17) is 0 Å². The molecule has 216 valence electrons. The summed E-state index contributed by atoms with van der Waals surface area (Å²) in [7, 11) is 1.62. The lowest BCUT2D eigenvalue weighted by molar-refractivity contribution is -0.164. The van der Waals surface area contributed by atoms with Gasteiger partial charge in [0.15, 0.2) is 0 Å². The second-order valence-electron chi connectivity index (χ2n) is 11.5. The van der Waals surface area contributed by atoms with Gasteiger partial charge in [-0.1, -0.05) is 61.7 Å². The summed E-state index contributed by atoms with van der Waals surface area (Å²) in [6.45, 7) is 2.45. The third-order valence-corrected chi connectivity index (χ3v) is 8.89. The van der Waals surface area contributed by atoms with Crippen molar-refractivity contribution in [2.45, 2.75) is 81.6 Å². The summed E-state index contributed by atoms with van der Waals surface area (Å²) in [4.78, 5) is 43.8. The van der Waals surface area contributed by atoms with Gasteiger partial charge >= 0.3 is 0 Å². The van der Waals surface area contributed by atoms with Crippen LogP contribution in [0.3, 0.4) is 0 Å². The fourth-order valence-corrected chi connectivity index (χ4v) is 6.55. The highest BCUT2D eigenvalue weighted by Crippen LogP contribution is 2.38. The number of nitrogens with zero attached hydrogens (tertiary/aromatic N) is 2. The van der Waals surface area contributed by atoms with E-state index in [0.717, 1.165) is 30.4 Å². The number of halogens is 1. The van der Waals surface area contributed by atoms with Crippen molar-refractivity contribution >= 4 is 30.1 Å². The molecule has 8 nitrogen and oxygen atoms in total. The van der Waals surface area contributed by atoms with Gasteiger partial charge in [0.2, 0.25) is 11.8 Å². The fourth-order valence-electron chi connectivity index (χ4n) is 6.55. The first kappa shape index (κ1) is 30.0. The van der Waals surface area contributed by atoms with E-state index in [0.29, 0.717) is 57.4 Å². The summed E-state index contributed by atoms with van der Waals surface area (Å²) in [5.41, 5.74) is 0.919. The lowest BCUT2D eigenvalue weighted by Crippen LogP contribution is -2.73. The lowest BCUT2D eigenvalue weighted by Gasteiger charge is -2.52. The van der Waals surface area contributed by atoms with E-state index in [1.165, 1.54) is 0 Å². The van der Waals surface area contributed by atoms with Crippen LogP contribution in [0.15, 0.2) is 54.6 Å². The number of nitrogens with one attached hydrogen (secondary N) is 2. The maximum atomic E-state index is 14.0. The molecule has 1 spiro atoms. The van der Waals surface area contributed by atoms with Gasteiger partial charge in [0.1, 0.15) is 11.6 Å². The fraction of sp³-hybridized carbons (Fsp3) is 0.516. The maximum absolute atomic E-state index is 14.0. The Hall–Kier alpha value is -2.94. The van der Waals surface area contributed by atoms with Gasteiger partial charge in [0.25, 0.3) is 5.91 Å². The topological polar surface area (TPSA) is 102 Å². The number of carbonyl (C=O) groups is 3. The zero-order chi connectivity index (χ0) is 27.5. The molecule has 0 bridgehead atoms. The van der Waals surface area contributed by atoms with Gasteiger partial charge in [0.05, 0.1) is 5.60 Å². The third kappa shape index (κ3) is 6.35. The number of hydrogen-bond acceptors (Lipinski definition) is 5. The first-order valence-corrected chi connectivity index (χ1v) is 14.2. The molecule has 1 atom stereocenters. The van der Waals surface area contributed by atoms with Crippen LogP contribution in [0.4, 0.5) is 0 Å². The van der Waals surface area contributed by atoms with E-state index < -0.39 is 17.2 Å². The van der Waals surface area contributed by atoms with Gasteiger partial charge in [-0.25, -0.2) is 0 Å². The Labute approximate surface area is 242 Å². The van der Waals surface area contributed by atoms with Gasteiger partial charge in [-0.2, -0.15) is 0 Å². The number of piperazine rings is 1. The average Bonchev–Trinajstić information content (AvgIpc) is 2.96. The largest absolute Gasteiger partial charge is 0.390 e. The maximum Gasteiger partial charge on any atom is 0.251 e. The zero-order valence-corrected chi connectivity index (χ0v) is 24.0. The SMILES string of the molecule is CNC(=O)c1ccc(CN2CCC3(CC2)C(=O)N[C@H](CC2(O)CCCCC2)C(=O)N3Cc2ccccc2)cc1.Cl. The summed E-state index contributed by atoms with van der Waals surface area (Å²) in [6, 6.07) is 16.7. The predicted molar refractivity (Wildman–Crippen MR) is 156 cm³/mol. The van der Waals surface area contributed by atoms with E-state index in [2.05, 4.69) is 15.5 Å². The van der Waals surface area contributed by atoms with Gasteiger partial charge in [-0.05, 0) is 48.9 Å². The smallest absolute Gasteiger partial charge is 0.251 e. The molecule has 9 heteroatoms. The molecule has 0 unspecified atom stereocenters. The first-order chi connectivity index (χ1) is 18.8. The molecule has 5 rings (SSSR count). The number of likely N-dealkylation sites (tertiary alicyclic amines) is 1. The third-order valence-electron chi connectivity index (χ3n) is 8.89. The van der Waals surface area contributed by atoms with Crippen LogP contribution in [0, 0.1) is 0 Å². The molecule has 3 N–H and O–H groups in total. The summed E-state index contributed by atoms with van der Waals surface area (Å²) in [5, 5.41) is 16.9. The Morgan fingerprint density at radius 3 is 2.17 bits per heavy atom. The highest BCUT2D eigenvalue weighted by atomic mass is 35.5. The van der Waals surface area contributed by atoms with Crippen molar-refractivity contribution < 1.29 is 19.5 Å². The van der Waals surface area contributed by atoms with E-state index >= 15 is 0 Å². The molecule has 0 aromatic heterocycles. The van der Waals surface area contributed by atoms with Crippen LogP contribution < -0.4 is 10.6 Å². The number of amides is 3. The van der Waals surface area contributed by atoms with Gasteiger partial charge in [-0.15, -0.1) is 12.4 Å². The minimum absolute atomic E-state index is 0. The molecular formula is C31H41ClN4O4. The number of hydrogen-bond donors (Lipinski definition) is 3. The summed E-state index contributed by atoms with van der Waals surface area (Å²) >= 11 is 0. The highest BCUT2D eigenvalue weighted by Gasteiger charge is 2.54. The molecule has 1 aliphatic carbocycles. The molecule has 3 fully saturated rings. The summed E-state index contributed by atoms with van der Waals surface area (Å²) in [6.07, 6.45) is 5.73. The normalized spacial score (nSPS) is 22.4. The number of rotatable bonds is 7. The minimum Gasteiger partial charge on any atom is -0.390 e. The van der Waals surface area contributed by atoms with E-state index in [9.17, 15) is 19.5 Å². The second-order valence-corrected chi connectivity index (χ2v) is 11.5. The number of benzene rings is 2. The molecule has 3 amide bonds. The monoisotopic (exact) mass is 568 g/mol. The van der Waals surface area contributed by atoms with Gasteiger partial charge < -0.3 is 20.6 Å². The van der Waals surface area contributed by atoms with Gasteiger partial charge in [-0.3, -0.25) is 19.3 Å². The van der Waals surface area contributed by atoms with Crippen molar-refractivity contribution in [2.24, 2.45) is 0 Å². The van der Waals surface area contributed by atoms with Crippen molar-refractivity contribution in [3.05, 3.63) is 71.3 Å². The lowest BCUT2D eigenvalue weighted by atomic mass is 9.77. The van der Waals surface area contributed by atoms with E-state index in [1.807, 2.05) is 59.5 Å². The van der Waals surface area contributed by atoms with Crippen LogP contribution in [0.2, 0.25) is 0 Å². The Morgan fingerprint density at radius 2 is 1.55 bits per heavy atom. The average molecular weight is 569 g/mol. The van der Waals surface area contributed by atoms with Crippen molar-refractivity contribution in [1.82, 2.24) is 20.4 Å².